The molecule has 5 aromatic rings. The summed E-state index contributed by atoms with van der Waals surface area (Å²) in [5.74, 6) is -0.339. The van der Waals surface area contributed by atoms with Crippen LogP contribution in [-0.2, 0) is 9.84 Å². The predicted molar refractivity (Wildman–Crippen MR) is 147 cm³/mol. The van der Waals surface area contributed by atoms with Gasteiger partial charge in [0.05, 0.1) is 16.5 Å². The average Bonchev–Trinajstić information content (AvgIpc) is 3.32. The van der Waals surface area contributed by atoms with Crippen LogP contribution in [0.5, 0.6) is 0 Å². The van der Waals surface area contributed by atoms with Gasteiger partial charge in [-0.1, -0.05) is 78.4 Å². The molecule has 0 radical (unpaired) electrons. The molecule has 1 aromatic heterocycles. The molecule has 5 rings (SSSR count). The molecule has 0 atom stereocenters. The molecule has 0 aliphatic carbocycles. The molecule has 0 fully saturated rings. The monoisotopic (exact) mass is 590 g/mol. The van der Waals surface area contributed by atoms with Crippen LogP contribution in [-0.4, -0.2) is 18.0 Å². The minimum atomic E-state index is -3.88. The zero-order chi connectivity index (χ0) is 24.4. The number of halogens is 1. The minimum Gasteiger partial charge on any atom is -0.301 e. The lowest BCUT2D eigenvalue weighted by Gasteiger charge is -2.22. The summed E-state index contributed by atoms with van der Waals surface area (Å²) in [7, 11) is -3.88. The fraction of sp³-hybridized carbons (Fsp3) is 0.0690. The van der Waals surface area contributed by atoms with Crippen molar-refractivity contribution in [2.24, 2.45) is 0 Å². The van der Waals surface area contributed by atoms with Gasteiger partial charge in [0.2, 0.25) is 9.84 Å². The largest absolute Gasteiger partial charge is 0.301 e. The van der Waals surface area contributed by atoms with E-state index >= 15 is 0 Å². The van der Waals surface area contributed by atoms with Crippen LogP contribution in [0.15, 0.2) is 125 Å². The van der Waals surface area contributed by atoms with E-state index in [1.54, 1.807) is 18.5 Å². The Bertz CT molecular complexity index is 1510. The second kappa shape index (κ2) is 9.79. The predicted octanol–water partition coefficient (Wildman–Crippen LogP) is 6.80. The fourth-order valence-corrected chi connectivity index (χ4v) is 6.00. The molecular formula is C29H23IN2O2S. The van der Waals surface area contributed by atoms with Crippen molar-refractivity contribution in [3.63, 3.8) is 0 Å². The summed E-state index contributed by atoms with van der Waals surface area (Å²) in [4.78, 5) is 4.76. The molecule has 0 saturated heterocycles. The van der Waals surface area contributed by atoms with E-state index in [9.17, 15) is 8.42 Å². The number of nitrogens with zero attached hydrogens (tertiary/aromatic N) is 2. The lowest BCUT2D eigenvalue weighted by atomic mass is 9.88. The Kier molecular flexibility index (Phi) is 6.58. The van der Waals surface area contributed by atoms with Gasteiger partial charge in [0.25, 0.3) is 0 Å². The van der Waals surface area contributed by atoms with E-state index in [1.165, 1.54) is 0 Å². The van der Waals surface area contributed by atoms with Crippen LogP contribution in [0.1, 0.15) is 28.3 Å². The van der Waals surface area contributed by atoms with E-state index < -0.39 is 9.84 Å². The van der Waals surface area contributed by atoms with Crippen LogP contribution >= 0.6 is 22.6 Å². The zero-order valence-electron chi connectivity index (χ0n) is 19.0. The summed E-state index contributed by atoms with van der Waals surface area (Å²) >= 11 is 2.26. The summed E-state index contributed by atoms with van der Waals surface area (Å²) in [5, 5.41) is 0.0672. The molecule has 0 saturated carbocycles. The van der Waals surface area contributed by atoms with E-state index in [0.29, 0.717) is 5.69 Å². The van der Waals surface area contributed by atoms with Crippen molar-refractivity contribution in [3.05, 3.63) is 141 Å². The second-order valence-electron chi connectivity index (χ2n) is 8.35. The standard InChI is InChI=1S/C29H23IN2O2S/c1-21-12-18-26(19-13-21)35(33,34)29-28(32(20-31-29)25-16-14-24(30)15-17-25)27(22-8-4-2-5-9-22)23-10-6-3-7-11-23/h2-20,27H,1H3. The summed E-state index contributed by atoms with van der Waals surface area (Å²) in [6, 6.07) is 34.9. The van der Waals surface area contributed by atoms with Gasteiger partial charge in [0, 0.05) is 9.26 Å². The van der Waals surface area contributed by atoms with Crippen molar-refractivity contribution >= 4 is 32.4 Å². The van der Waals surface area contributed by atoms with Gasteiger partial charge in [-0.25, -0.2) is 13.4 Å². The van der Waals surface area contributed by atoms with Crippen molar-refractivity contribution in [2.45, 2.75) is 22.8 Å². The average molecular weight is 590 g/mol. The highest BCUT2D eigenvalue weighted by atomic mass is 127. The van der Waals surface area contributed by atoms with Gasteiger partial charge in [-0.05, 0) is 77.0 Å². The van der Waals surface area contributed by atoms with E-state index in [2.05, 4.69) is 27.6 Å². The highest BCUT2D eigenvalue weighted by molar-refractivity contribution is 14.1. The maximum absolute atomic E-state index is 14.0. The minimum absolute atomic E-state index is 0.0672. The highest BCUT2D eigenvalue weighted by Crippen LogP contribution is 2.38. The first-order valence-corrected chi connectivity index (χ1v) is 13.8. The van der Waals surface area contributed by atoms with Crippen LogP contribution in [0.25, 0.3) is 5.69 Å². The van der Waals surface area contributed by atoms with E-state index in [4.69, 9.17) is 0 Å². The topological polar surface area (TPSA) is 52.0 Å². The van der Waals surface area contributed by atoms with Crippen LogP contribution in [0.3, 0.4) is 0 Å². The van der Waals surface area contributed by atoms with Crippen LogP contribution in [0, 0.1) is 10.5 Å². The number of sulfone groups is 1. The molecule has 0 aliphatic heterocycles. The summed E-state index contributed by atoms with van der Waals surface area (Å²) in [6.45, 7) is 1.94. The maximum Gasteiger partial charge on any atom is 0.225 e. The Hall–Kier alpha value is -3.23. The molecule has 1 heterocycles. The quantitative estimate of drug-likeness (QED) is 0.205. The summed E-state index contributed by atoms with van der Waals surface area (Å²) in [5.41, 5.74) is 4.46. The second-order valence-corrected chi connectivity index (χ2v) is 11.5. The lowest BCUT2D eigenvalue weighted by molar-refractivity contribution is 0.590. The Morgan fingerprint density at radius 1 is 0.743 bits per heavy atom. The number of rotatable bonds is 6. The normalized spacial score (nSPS) is 11.6. The molecule has 4 aromatic carbocycles. The van der Waals surface area contributed by atoms with Crippen molar-refractivity contribution < 1.29 is 8.42 Å². The Labute approximate surface area is 219 Å². The molecule has 0 N–H and O–H groups in total. The van der Waals surface area contributed by atoms with Crippen molar-refractivity contribution in [2.75, 3.05) is 0 Å². The van der Waals surface area contributed by atoms with Gasteiger partial charge in [-0.3, -0.25) is 0 Å². The van der Waals surface area contributed by atoms with Crippen LogP contribution in [0.2, 0.25) is 0 Å². The third-order valence-corrected chi connectivity index (χ3v) is 8.43. The fourth-order valence-electron chi connectivity index (χ4n) is 4.25. The molecule has 0 aliphatic rings. The number of hydrogen-bond acceptors (Lipinski definition) is 3. The van der Waals surface area contributed by atoms with Crippen molar-refractivity contribution in [1.29, 1.82) is 0 Å². The molecule has 6 heteroatoms. The molecular weight excluding hydrogens is 567 g/mol. The number of imidazole rings is 1. The first-order valence-electron chi connectivity index (χ1n) is 11.2. The third-order valence-electron chi connectivity index (χ3n) is 6.00. The smallest absolute Gasteiger partial charge is 0.225 e. The molecule has 0 bridgehead atoms. The van der Waals surface area contributed by atoms with E-state index in [1.807, 2.05) is 109 Å². The Morgan fingerprint density at radius 3 is 1.83 bits per heavy atom. The summed E-state index contributed by atoms with van der Waals surface area (Å²) in [6.07, 6.45) is 1.62. The molecule has 174 valence electrons. The van der Waals surface area contributed by atoms with Crippen LogP contribution in [0.4, 0.5) is 0 Å². The Balaban J connectivity index is 1.82. The first kappa shape index (κ1) is 23.5. The third kappa shape index (κ3) is 4.68. The van der Waals surface area contributed by atoms with Crippen molar-refractivity contribution in [3.8, 4) is 5.69 Å². The van der Waals surface area contributed by atoms with Crippen molar-refractivity contribution in [1.82, 2.24) is 9.55 Å². The highest BCUT2D eigenvalue weighted by Gasteiger charge is 2.32. The zero-order valence-corrected chi connectivity index (χ0v) is 22.0. The number of benzene rings is 4. The summed E-state index contributed by atoms with van der Waals surface area (Å²) < 4.78 is 30.9. The van der Waals surface area contributed by atoms with Gasteiger partial charge < -0.3 is 4.57 Å². The molecule has 0 amide bonds. The molecule has 0 spiro atoms. The van der Waals surface area contributed by atoms with E-state index in [-0.39, 0.29) is 15.8 Å². The van der Waals surface area contributed by atoms with Gasteiger partial charge in [0.1, 0.15) is 6.33 Å². The van der Waals surface area contributed by atoms with Gasteiger partial charge >= 0.3 is 0 Å². The number of hydrogen-bond donors (Lipinski definition) is 0. The Morgan fingerprint density at radius 2 is 1.29 bits per heavy atom. The van der Waals surface area contributed by atoms with E-state index in [0.717, 1.165) is 25.9 Å². The number of aromatic nitrogens is 2. The van der Waals surface area contributed by atoms with Gasteiger partial charge in [-0.15, -0.1) is 0 Å². The first-order chi connectivity index (χ1) is 16.9. The van der Waals surface area contributed by atoms with Crippen LogP contribution < -0.4 is 0 Å². The SMILES string of the molecule is Cc1ccc(S(=O)(=O)c2ncn(-c3ccc(I)cc3)c2C(c2ccccc2)c2ccccc2)cc1. The van der Waals surface area contributed by atoms with Gasteiger partial charge in [0.15, 0.2) is 5.03 Å². The lowest BCUT2D eigenvalue weighted by Crippen LogP contribution is -2.14. The van der Waals surface area contributed by atoms with Gasteiger partial charge in [-0.2, -0.15) is 0 Å². The molecule has 4 nitrogen and oxygen atoms in total. The maximum atomic E-state index is 14.0. The molecule has 0 unspecified atom stereocenters. The number of aryl methyl sites for hydroxylation is 1. The molecule has 35 heavy (non-hydrogen) atoms.